The molecule has 1 heterocycles. The Balaban J connectivity index is 1.75. The van der Waals surface area contributed by atoms with Crippen molar-refractivity contribution in [3.05, 3.63) is 48.5 Å². The van der Waals surface area contributed by atoms with Crippen LogP contribution in [0.25, 0.3) is 11.1 Å². The van der Waals surface area contributed by atoms with Crippen LogP contribution in [0.2, 0.25) is 0 Å². The van der Waals surface area contributed by atoms with Gasteiger partial charge in [-0.25, -0.2) is 13.6 Å². The first-order valence-electron chi connectivity index (χ1n) is 8.16. The Labute approximate surface area is 145 Å². The van der Waals surface area contributed by atoms with Crippen LogP contribution in [-0.2, 0) is 0 Å². The van der Waals surface area contributed by atoms with Gasteiger partial charge < -0.3 is 15.0 Å². The molecule has 2 aromatic rings. The number of benzene rings is 2. The second-order valence-corrected chi connectivity index (χ2v) is 6.05. The van der Waals surface area contributed by atoms with E-state index < -0.39 is 5.92 Å². The Morgan fingerprint density at radius 1 is 1.08 bits per heavy atom. The lowest BCUT2D eigenvalue weighted by molar-refractivity contribution is -0.0461. The Bertz CT molecular complexity index is 737. The van der Waals surface area contributed by atoms with Gasteiger partial charge in [0.25, 0.3) is 5.92 Å². The minimum absolute atomic E-state index is 0.0591. The van der Waals surface area contributed by atoms with E-state index in [0.29, 0.717) is 5.69 Å². The number of hydrogen-bond donors (Lipinski definition) is 1. The fourth-order valence-corrected chi connectivity index (χ4v) is 2.85. The fraction of sp³-hybridized carbons (Fsp3) is 0.316. The van der Waals surface area contributed by atoms with Gasteiger partial charge in [-0.05, 0) is 23.8 Å². The van der Waals surface area contributed by atoms with Gasteiger partial charge in [-0.15, -0.1) is 0 Å². The highest BCUT2D eigenvalue weighted by molar-refractivity contribution is 5.94. The van der Waals surface area contributed by atoms with Crippen LogP contribution in [0.5, 0.6) is 5.75 Å². The standard InChI is InChI=1S/C19H20F2N2O2/c1-25-15-8-6-14(7-9-15)16-4-2-3-5-17(16)22-18(24)23-12-10-19(20,21)11-13-23/h2-9H,10-13H2,1H3,(H,22,24). The number of amides is 2. The van der Waals surface area contributed by atoms with Crippen molar-refractivity contribution >= 4 is 11.7 Å². The number of anilines is 1. The molecule has 0 spiro atoms. The first-order valence-corrected chi connectivity index (χ1v) is 8.16. The molecule has 0 bridgehead atoms. The number of carbonyl (C=O) groups excluding carboxylic acids is 1. The maximum absolute atomic E-state index is 13.2. The van der Waals surface area contributed by atoms with Gasteiger partial charge in [0.05, 0.1) is 12.8 Å². The number of nitrogens with zero attached hydrogens (tertiary/aromatic N) is 1. The number of alkyl halides is 2. The van der Waals surface area contributed by atoms with Gasteiger partial charge in [0.1, 0.15) is 5.75 Å². The average molecular weight is 346 g/mol. The molecule has 4 nitrogen and oxygen atoms in total. The number of para-hydroxylation sites is 1. The molecule has 25 heavy (non-hydrogen) atoms. The summed E-state index contributed by atoms with van der Waals surface area (Å²) in [5.74, 6) is -1.92. The van der Waals surface area contributed by atoms with E-state index >= 15 is 0 Å². The lowest BCUT2D eigenvalue weighted by atomic mass is 10.0. The number of ether oxygens (including phenoxy) is 1. The monoisotopic (exact) mass is 346 g/mol. The van der Waals surface area contributed by atoms with Crippen LogP contribution >= 0.6 is 0 Å². The molecule has 1 fully saturated rings. The number of rotatable bonds is 3. The van der Waals surface area contributed by atoms with E-state index in [1.54, 1.807) is 13.2 Å². The molecule has 0 aromatic heterocycles. The minimum atomic E-state index is -2.67. The highest BCUT2D eigenvalue weighted by atomic mass is 19.3. The Morgan fingerprint density at radius 2 is 1.72 bits per heavy atom. The summed E-state index contributed by atoms with van der Waals surface area (Å²) in [6, 6.07) is 14.6. The Kier molecular flexibility index (Phi) is 4.88. The van der Waals surface area contributed by atoms with Crippen LogP contribution in [0.3, 0.4) is 0 Å². The van der Waals surface area contributed by atoms with Gasteiger partial charge in [-0.3, -0.25) is 0 Å². The zero-order chi connectivity index (χ0) is 17.9. The van der Waals surface area contributed by atoms with Crippen molar-refractivity contribution in [2.45, 2.75) is 18.8 Å². The largest absolute Gasteiger partial charge is 0.497 e. The van der Waals surface area contributed by atoms with Crippen molar-refractivity contribution < 1.29 is 18.3 Å². The number of methoxy groups -OCH3 is 1. The number of nitrogens with one attached hydrogen (secondary N) is 1. The summed E-state index contributed by atoms with van der Waals surface area (Å²) >= 11 is 0. The average Bonchev–Trinajstić information content (AvgIpc) is 2.62. The van der Waals surface area contributed by atoms with Gasteiger partial charge in [0, 0.05) is 31.5 Å². The van der Waals surface area contributed by atoms with Gasteiger partial charge in [-0.1, -0.05) is 30.3 Å². The third-order valence-corrected chi connectivity index (χ3v) is 4.35. The first kappa shape index (κ1) is 17.2. The molecule has 1 aliphatic heterocycles. The lowest BCUT2D eigenvalue weighted by Gasteiger charge is -2.31. The molecule has 2 amide bonds. The summed E-state index contributed by atoms with van der Waals surface area (Å²) in [5.41, 5.74) is 2.44. The quantitative estimate of drug-likeness (QED) is 0.881. The molecule has 2 aromatic carbocycles. The number of likely N-dealkylation sites (tertiary alicyclic amines) is 1. The molecule has 0 atom stereocenters. The number of hydrogen-bond acceptors (Lipinski definition) is 2. The summed E-state index contributed by atoms with van der Waals surface area (Å²) in [7, 11) is 1.60. The molecule has 0 unspecified atom stereocenters. The second-order valence-electron chi connectivity index (χ2n) is 6.05. The van der Waals surface area contributed by atoms with Crippen molar-refractivity contribution in [3.63, 3.8) is 0 Å². The fourth-order valence-electron chi connectivity index (χ4n) is 2.85. The van der Waals surface area contributed by atoms with E-state index in [2.05, 4.69) is 5.32 Å². The van der Waals surface area contributed by atoms with Gasteiger partial charge in [0.15, 0.2) is 0 Å². The first-order chi connectivity index (χ1) is 12.0. The van der Waals surface area contributed by atoms with Crippen LogP contribution < -0.4 is 10.1 Å². The van der Waals surface area contributed by atoms with Gasteiger partial charge in [0.2, 0.25) is 0 Å². The Morgan fingerprint density at radius 3 is 2.36 bits per heavy atom. The molecule has 132 valence electrons. The summed E-state index contributed by atoms with van der Waals surface area (Å²) < 4.78 is 31.7. The third kappa shape index (κ3) is 4.07. The zero-order valence-electron chi connectivity index (χ0n) is 14.0. The smallest absolute Gasteiger partial charge is 0.321 e. The van der Waals surface area contributed by atoms with Crippen LogP contribution in [0.15, 0.2) is 48.5 Å². The van der Waals surface area contributed by atoms with Crippen LogP contribution in [0.4, 0.5) is 19.3 Å². The summed E-state index contributed by atoms with van der Waals surface area (Å²) in [6.45, 7) is 0.118. The normalized spacial score (nSPS) is 16.4. The van der Waals surface area contributed by atoms with E-state index in [4.69, 9.17) is 4.74 Å². The molecule has 1 N–H and O–H groups in total. The summed E-state index contributed by atoms with van der Waals surface area (Å²) in [4.78, 5) is 13.8. The van der Waals surface area contributed by atoms with Crippen LogP contribution in [-0.4, -0.2) is 37.1 Å². The zero-order valence-corrected chi connectivity index (χ0v) is 14.0. The number of carbonyl (C=O) groups is 1. The van der Waals surface area contributed by atoms with Crippen molar-refractivity contribution in [2.24, 2.45) is 0 Å². The number of halogens is 2. The van der Waals surface area contributed by atoms with E-state index in [9.17, 15) is 13.6 Å². The number of urea groups is 1. The molecule has 1 saturated heterocycles. The highest BCUT2D eigenvalue weighted by Crippen LogP contribution is 2.31. The molecular formula is C19H20F2N2O2. The van der Waals surface area contributed by atoms with E-state index in [1.165, 1.54) is 4.90 Å². The lowest BCUT2D eigenvalue weighted by Crippen LogP contribution is -2.44. The molecule has 0 aliphatic carbocycles. The predicted molar refractivity (Wildman–Crippen MR) is 93.2 cm³/mol. The second kappa shape index (κ2) is 7.09. The van der Waals surface area contributed by atoms with Crippen LogP contribution in [0.1, 0.15) is 12.8 Å². The maximum atomic E-state index is 13.2. The van der Waals surface area contributed by atoms with Gasteiger partial charge in [-0.2, -0.15) is 0 Å². The van der Waals surface area contributed by atoms with E-state index in [1.807, 2.05) is 42.5 Å². The molecular weight excluding hydrogens is 326 g/mol. The van der Waals surface area contributed by atoms with E-state index in [-0.39, 0.29) is 32.0 Å². The van der Waals surface area contributed by atoms with Crippen LogP contribution in [0, 0.1) is 0 Å². The SMILES string of the molecule is COc1ccc(-c2ccccc2NC(=O)N2CCC(F)(F)CC2)cc1. The molecule has 0 radical (unpaired) electrons. The molecule has 0 saturated carbocycles. The van der Waals surface area contributed by atoms with Crippen molar-refractivity contribution in [3.8, 4) is 16.9 Å². The summed E-state index contributed by atoms with van der Waals surface area (Å²) in [5, 5.41) is 2.85. The Hall–Kier alpha value is -2.63. The van der Waals surface area contributed by atoms with E-state index in [0.717, 1.165) is 16.9 Å². The highest BCUT2D eigenvalue weighted by Gasteiger charge is 2.35. The molecule has 3 rings (SSSR count). The topological polar surface area (TPSA) is 41.6 Å². The third-order valence-electron chi connectivity index (χ3n) is 4.35. The minimum Gasteiger partial charge on any atom is -0.497 e. The predicted octanol–water partition coefficient (Wildman–Crippen LogP) is 4.63. The van der Waals surface area contributed by atoms with Gasteiger partial charge >= 0.3 is 6.03 Å². The molecule has 6 heteroatoms. The maximum Gasteiger partial charge on any atom is 0.321 e. The van der Waals surface area contributed by atoms with Crippen molar-refractivity contribution in [1.29, 1.82) is 0 Å². The molecule has 1 aliphatic rings. The number of piperidine rings is 1. The van der Waals surface area contributed by atoms with Crippen molar-refractivity contribution in [1.82, 2.24) is 4.90 Å². The van der Waals surface area contributed by atoms with Crippen molar-refractivity contribution in [2.75, 3.05) is 25.5 Å². The summed E-state index contributed by atoms with van der Waals surface area (Å²) in [6.07, 6.45) is -0.582.